The molecule has 0 saturated heterocycles. The standard InChI is InChI=1S/C18H26N2O4S/c1-12-5-4-6-14(11-12)17(23)20-15(9-10-25-3)18(24)19-13(2)7-8-16(21)22/h4-6,11,13,15H,7-10H2,1-3H3,(H,19,24)(H,20,23)(H,21,22). The van der Waals surface area contributed by atoms with Crippen LogP contribution in [0.1, 0.15) is 42.1 Å². The van der Waals surface area contributed by atoms with Crippen molar-refractivity contribution in [1.82, 2.24) is 10.6 Å². The number of carboxylic acids is 1. The van der Waals surface area contributed by atoms with Gasteiger partial charge in [-0.3, -0.25) is 14.4 Å². The van der Waals surface area contributed by atoms with E-state index >= 15 is 0 Å². The highest BCUT2D eigenvalue weighted by Crippen LogP contribution is 2.07. The number of amides is 2. The predicted molar refractivity (Wildman–Crippen MR) is 99.9 cm³/mol. The number of aliphatic carboxylic acids is 1. The molecule has 0 aliphatic rings. The summed E-state index contributed by atoms with van der Waals surface area (Å²) in [6.45, 7) is 3.66. The maximum Gasteiger partial charge on any atom is 0.303 e. The Bertz CT molecular complexity index is 606. The van der Waals surface area contributed by atoms with Crippen LogP contribution >= 0.6 is 11.8 Å². The van der Waals surface area contributed by atoms with E-state index in [9.17, 15) is 14.4 Å². The maximum atomic E-state index is 12.5. The zero-order valence-electron chi connectivity index (χ0n) is 14.9. The number of carbonyl (C=O) groups excluding carboxylic acids is 2. The molecule has 0 bridgehead atoms. The van der Waals surface area contributed by atoms with Gasteiger partial charge in [-0.05, 0) is 50.8 Å². The molecule has 2 unspecified atom stereocenters. The summed E-state index contributed by atoms with van der Waals surface area (Å²) in [7, 11) is 0. The predicted octanol–water partition coefficient (Wildman–Crippen LogP) is 2.22. The van der Waals surface area contributed by atoms with Gasteiger partial charge >= 0.3 is 5.97 Å². The molecule has 0 heterocycles. The summed E-state index contributed by atoms with van der Waals surface area (Å²) in [5.74, 6) is -0.737. The van der Waals surface area contributed by atoms with E-state index in [0.717, 1.165) is 11.3 Å². The summed E-state index contributed by atoms with van der Waals surface area (Å²) in [6.07, 6.45) is 2.79. The average molecular weight is 366 g/mol. The Balaban J connectivity index is 2.70. The molecule has 1 rings (SSSR count). The number of nitrogens with one attached hydrogen (secondary N) is 2. The van der Waals surface area contributed by atoms with Gasteiger partial charge in [0.2, 0.25) is 5.91 Å². The molecule has 25 heavy (non-hydrogen) atoms. The molecule has 0 saturated carbocycles. The second-order valence-corrected chi connectivity index (χ2v) is 7.00. The number of carboxylic acid groups (broad SMARTS) is 1. The number of carbonyl (C=O) groups is 3. The Morgan fingerprint density at radius 1 is 1.20 bits per heavy atom. The van der Waals surface area contributed by atoms with E-state index in [2.05, 4.69) is 10.6 Å². The SMILES string of the molecule is CSCCC(NC(=O)c1cccc(C)c1)C(=O)NC(C)CCC(=O)O. The van der Waals surface area contributed by atoms with E-state index in [0.29, 0.717) is 18.4 Å². The van der Waals surface area contributed by atoms with Crippen LogP contribution in [-0.2, 0) is 9.59 Å². The summed E-state index contributed by atoms with van der Waals surface area (Å²) >= 11 is 1.60. The third-order valence-electron chi connectivity index (χ3n) is 3.69. The maximum absolute atomic E-state index is 12.5. The summed E-state index contributed by atoms with van der Waals surface area (Å²) < 4.78 is 0. The lowest BCUT2D eigenvalue weighted by atomic mass is 10.1. The third kappa shape index (κ3) is 8.07. The number of aryl methyl sites for hydroxylation is 1. The molecule has 1 aromatic rings. The van der Waals surface area contributed by atoms with Crippen molar-refractivity contribution < 1.29 is 19.5 Å². The van der Waals surface area contributed by atoms with Gasteiger partial charge in [-0.25, -0.2) is 0 Å². The van der Waals surface area contributed by atoms with Crippen LogP contribution in [0.3, 0.4) is 0 Å². The first-order chi connectivity index (χ1) is 11.8. The fourth-order valence-electron chi connectivity index (χ4n) is 2.29. The van der Waals surface area contributed by atoms with Gasteiger partial charge in [0, 0.05) is 18.0 Å². The molecule has 0 aliphatic heterocycles. The van der Waals surface area contributed by atoms with E-state index in [1.165, 1.54) is 0 Å². The molecule has 3 N–H and O–H groups in total. The van der Waals surface area contributed by atoms with Crippen molar-refractivity contribution in [1.29, 1.82) is 0 Å². The highest BCUT2D eigenvalue weighted by atomic mass is 32.2. The van der Waals surface area contributed by atoms with E-state index < -0.39 is 12.0 Å². The van der Waals surface area contributed by atoms with Crippen LogP contribution in [0.4, 0.5) is 0 Å². The van der Waals surface area contributed by atoms with Crippen LogP contribution in [0, 0.1) is 6.92 Å². The second-order valence-electron chi connectivity index (χ2n) is 6.02. The van der Waals surface area contributed by atoms with Gasteiger partial charge < -0.3 is 15.7 Å². The lowest BCUT2D eigenvalue weighted by molar-refractivity contribution is -0.137. The minimum atomic E-state index is -0.896. The smallest absolute Gasteiger partial charge is 0.303 e. The molecule has 1 aromatic carbocycles. The van der Waals surface area contributed by atoms with Crippen LogP contribution in [0.2, 0.25) is 0 Å². The number of thioether (sulfide) groups is 1. The third-order valence-corrected chi connectivity index (χ3v) is 4.34. The van der Waals surface area contributed by atoms with E-state index in [1.54, 1.807) is 36.9 Å². The van der Waals surface area contributed by atoms with E-state index in [1.807, 2.05) is 19.2 Å². The van der Waals surface area contributed by atoms with Gasteiger partial charge in [-0.2, -0.15) is 11.8 Å². The van der Waals surface area contributed by atoms with Crippen molar-refractivity contribution in [3.63, 3.8) is 0 Å². The molecule has 7 heteroatoms. The molecule has 0 aromatic heterocycles. The largest absolute Gasteiger partial charge is 0.481 e. The average Bonchev–Trinajstić information content (AvgIpc) is 2.56. The Morgan fingerprint density at radius 2 is 1.92 bits per heavy atom. The van der Waals surface area contributed by atoms with Crippen molar-refractivity contribution >= 4 is 29.5 Å². The Hall–Kier alpha value is -2.02. The molecule has 138 valence electrons. The van der Waals surface area contributed by atoms with E-state index in [-0.39, 0.29) is 24.3 Å². The van der Waals surface area contributed by atoms with E-state index in [4.69, 9.17) is 5.11 Å². The molecule has 2 amide bonds. The van der Waals surface area contributed by atoms with Crippen LogP contribution in [0.25, 0.3) is 0 Å². The topological polar surface area (TPSA) is 95.5 Å². The summed E-state index contributed by atoms with van der Waals surface area (Å²) in [5.41, 5.74) is 1.49. The van der Waals surface area contributed by atoms with Crippen LogP contribution < -0.4 is 10.6 Å². The summed E-state index contributed by atoms with van der Waals surface area (Å²) in [5, 5.41) is 14.3. The molecule has 0 spiro atoms. The van der Waals surface area contributed by atoms with Crippen LogP contribution in [0.15, 0.2) is 24.3 Å². The molecule has 0 aliphatic carbocycles. The van der Waals surface area contributed by atoms with Crippen LogP contribution in [-0.4, -0.2) is 47.0 Å². The summed E-state index contributed by atoms with van der Waals surface area (Å²) in [6, 6.07) is 6.27. The normalized spacial score (nSPS) is 12.9. The molecule has 6 nitrogen and oxygen atoms in total. The van der Waals surface area contributed by atoms with Gasteiger partial charge in [-0.15, -0.1) is 0 Å². The first-order valence-corrected chi connectivity index (χ1v) is 9.61. The molecule has 0 fully saturated rings. The molecular formula is C18H26N2O4S. The van der Waals surface area contributed by atoms with Gasteiger partial charge in [0.1, 0.15) is 6.04 Å². The van der Waals surface area contributed by atoms with Crippen LogP contribution in [0.5, 0.6) is 0 Å². The fraction of sp³-hybridized carbons (Fsp3) is 0.500. The lowest BCUT2D eigenvalue weighted by Crippen LogP contribution is -2.49. The van der Waals surface area contributed by atoms with Crippen molar-refractivity contribution in [2.24, 2.45) is 0 Å². The highest BCUT2D eigenvalue weighted by molar-refractivity contribution is 7.98. The quantitative estimate of drug-likeness (QED) is 0.590. The number of rotatable bonds is 10. The number of hydrogen-bond donors (Lipinski definition) is 3. The monoisotopic (exact) mass is 366 g/mol. The fourth-order valence-corrected chi connectivity index (χ4v) is 2.76. The zero-order chi connectivity index (χ0) is 18.8. The lowest BCUT2D eigenvalue weighted by Gasteiger charge is -2.21. The van der Waals surface area contributed by atoms with Gasteiger partial charge in [0.05, 0.1) is 0 Å². The number of benzene rings is 1. The Morgan fingerprint density at radius 3 is 2.52 bits per heavy atom. The molecule has 0 radical (unpaired) electrons. The number of hydrogen-bond acceptors (Lipinski definition) is 4. The minimum Gasteiger partial charge on any atom is -0.481 e. The van der Waals surface area contributed by atoms with Crippen molar-refractivity contribution in [3.8, 4) is 0 Å². The van der Waals surface area contributed by atoms with Crippen molar-refractivity contribution in [2.75, 3.05) is 12.0 Å². The first kappa shape index (κ1) is 21.0. The molecular weight excluding hydrogens is 340 g/mol. The zero-order valence-corrected chi connectivity index (χ0v) is 15.7. The minimum absolute atomic E-state index is 0.00736. The second kappa shape index (κ2) is 10.8. The summed E-state index contributed by atoms with van der Waals surface area (Å²) in [4.78, 5) is 35.5. The Labute approximate surface area is 152 Å². The van der Waals surface area contributed by atoms with Crippen molar-refractivity contribution in [3.05, 3.63) is 35.4 Å². The first-order valence-electron chi connectivity index (χ1n) is 8.22. The highest BCUT2D eigenvalue weighted by Gasteiger charge is 2.22. The Kier molecular flexibility index (Phi) is 9.05. The van der Waals surface area contributed by atoms with Gasteiger partial charge in [-0.1, -0.05) is 17.7 Å². The van der Waals surface area contributed by atoms with Gasteiger partial charge in [0.15, 0.2) is 0 Å². The van der Waals surface area contributed by atoms with Gasteiger partial charge in [0.25, 0.3) is 5.91 Å². The molecule has 2 atom stereocenters. The van der Waals surface area contributed by atoms with Crippen molar-refractivity contribution in [2.45, 2.75) is 45.2 Å².